The Hall–Kier alpha value is -2.40. The summed E-state index contributed by atoms with van der Waals surface area (Å²) in [7, 11) is 1.77. The van der Waals surface area contributed by atoms with Gasteiger partial charge in [-0.15, -0.1) is 0 Å². The quantitative estimate of drug-likeness (QED) is 0.737. The summed E-state index contributed by atoms with van der Waals surface area (Å²) in [5, 5.41) is 1.50. The number of pyridine rings is 1. The molecule has 3 aromatic rings. The number of hydrogen-bond donors (Lipinski definition) is 1. The van der Waals surface area contributed by atoms with Crippen LogP contribution in [0.4, 0.5) is 0 Å². The first-order valence-electron chi connectivity index (χ1n) is 7.62. The van der Waals surface area contributed by atoms with Crippen molar-refractivity contribution in [3.63, 3.8) is 0 Å². The van der Waals surface area contributed by atoms with Crippen molar-refractivity contribution in [3.8, 4) is 0 Å². The normalized spacial score (nSPS) is 12.1. The number of H-pyrrole nitrogens is 1. The van der Waals surface area contributed by atoms with Crippen LogP contribution in [0, 0.1) is 0 Å². The fourth-order valence-electron chi connectivity index (χ4n) is 2.76. The molecule has 0 saturated carbocycles. The average Bonchev–Trinajstić information content (AvgIpc) is 2.61. The summed E-state index contributed by atoms with van der Waals surface area (Å²) in [5.74, 6) is -0.0646. The van der Waals surface area contributed by atoms with Gasteiger partial charge in [-0.05, 0) is 48.2 Å². The minimum Gasteiger partial charge on any atom is -0.335 e. The van der Waals surface area contributed by atoms with Crippen LogP contribution in [0.1, 0.15) is 28.9 Å². The van der Waals surface area contributed by atoms with Crippen LogP contribution in [0.5, 0.6) is 0 Å². The molecular weight excluding hydrogens is 368 g/mol. The Morgan fingerprint density at radius 3 is 2.38 bits per heavy atom. The lowest BCUT2D eigenvalue weighted by atomic mass is 10.0. The summed E-state index contributed by atoms with van der Waals surface area (Å²) in [5.41, 5.74) is 1.42. The number of hydrogen-bond acceptors (Lipinski definition) is 2. The molecule has 2 aromatic carbocycles. The van der Waals surface area contributed by atoms with Crippen molar-refractivity contribution in [3.05, 3.63) is 80.7 Å². The number of carbonyl (C=O) groups is 1. The number of fused-ring (bicyclic) bond motifs is 1. The molecule has 0 saturated heterocycles. The second kappa shape index (κ2) is 6.61. The zero-order chi connectivity index (χ0) is 17.3. The van der Waals surface area contributed by atoms with Gasteiger partial charge in [0.15, 0.2) is 0 Å². The Bertz CT molecular complexity index is 947. The predicted molar refractivity (Wildman–Crippen MR) is 99.2 cm³/mol. The Kier molecular flexibility index (Phi) is 4.53. The van der Waals surface area contributed by atoms with Crippen molar-refractivity contribution in [2.75, 3.05) is 7.05 Å². The van der Waals surface area contributed by atoms with Crippen LogP contribution in [-0.2, 0) is 0 Å². The molecule has 1 aromatic heterocycles. The van der Waals surface area contributed by atoms with E-state index >= 15 is 0 Å². The van der Waals surface area contributed by atoms with Gasteiger partial charge in [0, 0.05) is 28.7 Å². The van der Waals surface area contributed by atoms with Crippen molar-refractivity contribution in [1.82, 2.24) is 9.88 Å². The zero-order valence-electron chi connectivity index (χ0n) is 13.4. The number of halogens is 1. The zero-order valence-corrected chi connectivity index (χ0v) is 15.0. The van der Waals surface area contributed by atoms with Crippen molar-refractivity contribution >= 4 is 32.6 Å². The molecule has 0 spiro atoms. The van der Waals surface area contributed by atoms with Crippen LogP contribution >= 0.6 is 15.9 Å². The average molecular weight is 385 g/mol. The van der Waals surface area contributed by atoms with Gasteiger partial charge in [0.05, 0.1) is 6.04 Å². The number of nitrogens with zero attached hydrogens (tertiary/aromatic N) is 1. The fourth-order valence-corrected chi connectivity index (χ4v) is 3.02. The Morgan fingerprint density at radius 1 is 1.08 bits per heavy atom. The number of carbonyl (C=O) groups excluding carboxylic acids is 1. The Morgan fingerprint density at radius 2 is 1.71 bits per heavy atom. The molecule has 3 rings (SSSR count). The lowest BCUT2D eigenvalue weighted by Crippen LogP contribution is -2.30. The van der Waals surface area contributed by atoms with Crippen molar-refractivity contribution in [2.24, 2.45) is 0 Å². The minimum absolute atomic E-state index is 0.0646. The molecule has 0 unspecified atom stereocenters. The summed E-state index contributed by atoms with van der Waals surface area (Å²) in [6.45, 7) is 1.96. The molecule has 24 heavy (non-hydrogen) atoms. The molecular formula is C19H17BrN2O2. The van der Waals surface area contributed by atoms with Crippen LogP contribution in [0.25, 0.3) is 10.8 Å². The SMILES string of the molecule is C[C@H](c1c[nH]c(=O)c2ccccc12)N(C)C(=O)c1ccc(Br)cc1. The number of rotatable bonds is 3. The number of nitrogens with one attached hydrogen (secondary N) is 1. The van der Waals surface area contributed by atoms with Gasteiger partial charge in [0.1, 0.15) is 0 Å². The van der Waals surface area contributed by atoms with Gasteiger partial charge in [0.25, 0.3) is 11.5 Å². The third-order valence-corrected chi connectivity index (χ3v) is 4.81. The lowest BCUT2D eigenvalue weighted by Gasteiger charge is -2.26. The number of aromatic amines is 1. The maximum absolute atomic E-state index is 12.7. The van der Waals surface area contributed by atoms with E-state index in [1.807, 2.05) is 37.3 Å². The summed E-state index contributed by atoms with van der Waals surface area (Å²) in [6.07, 6.45) is 1.70. The van der Waals surface area contributed by atoms with E-state index in [-0.39, 0.29) is 17.5 Å². The first-order chi connectivity index (χ1) is 11.5. The van der Waals surface area contributed by atoms with Gasteiger partial charge in [0.2, 0.25) is 0 Å². The van der Waals surface area contributed by atoms with Gasteiger partial charge in [-0.1, -0.05) is 34.1 Å². The number of benzene rings is 2. The van der Waals surface area contributed by atoms with E-state index in [2.05, 4.69) is 20.9 Å². The van der Waals surface area contributed by atoms with Gasteiger partial charge in [-0.3, -0.25) is 9.59 Å². The van der Waals surface area contributed by atoms with Crippen molar-refractivity contribution < 1.29 is 4.79 Å². The van der Waals surface area contributed by atoms with Crippen LogP contribution in [0.15, 0.2) is 64.0 Å². The highest BCUT2D eigenvalue weighted by atomic mass is 79.9. The van der Waals surface area contributed by atoms with Crippen LogP contribution < -0.4 is 5.56 Å². The summed E-state index contributed by atoms with van der Waals surface area (Å²) < 4.78 is 0.932. The third-order valence-electron chi connectivity index (χ3n) is 4.28. The summed E-state index contributed by atoms with van der Waals surface area (Å²) in [6, 6.07) is 14.5. The van der Waals surface area contributed by atoms with E-state index in [1.165, 1.54) is 0 Å². The second-order valence-electron chi connectivity index (χ2n) is 5.72. The summed E-state index contributed by atoms with van der Waals surface area (Å²) >= 11 is 3.37. The number of amides is 1. The van der Waals surface area contributed by atoms with E-state index < -0.39 is 0 Å². The van der Waals surface area contributed by atoms with Crippen LogP contribution in [0.3, 0.4) is 0 Å². The Balaban J connectivity index is 1.98. The standard InChI is InChI=1S/C19H17BrN2O2/c1-12(22(2)19(24)13-7-9-14(20)10-8-13)17-11-21-18(23)16-6-4-3-5-15(16)17/h3-12H,1-2H3,(H,21,23)/t12-/m1/s1. The van der Waals surface area contributed by atoms with E-state index in [4.69, 9.17) is 0 Å². The van der Waals surface area contributed by atoms with Gasteiger partial charge in [-0.25, -0.2) is 0 Å². The molecule has 122 valence electrons. The van der Waals surface area contributed by atoms with E-state index in [1.54, 1.807) is 36.3 Å². The molecule has 1 amide bonds. The second-order valence-corrected chi connectivity index (χ2v) is 6.63. The fraction of sp³-hybridized carbons (Fsp3) is 0.158. The first kappa shape index (κ1) is 16.5. The van der Waals surface area contributed by atoms with Crippen LogP contribution in [-0.4, -0.2) is 22.8 Å². The molecule has 4 nitrogen and oxygen atoms in total. The van der Waals surface area contributed by atoms with Gasteiger partial charge >= 0.3 is 0 Å². The molecule has 1 heterocycles. The summed E-state index contributed by atoms with van der Waals surface area (Å²) in [4.78, 5) is 29.1. The number of aromatic nitrogens is 1. The minimum atomic E-state index is -0.178. The molecule has 0 aliphatic carbocycles. The molecule has 5 heteroatoms. The topological polar surface area (TPSA) is 53.2 Å². The highest BCUT2D eigenvalue weighted by Gasteiger charge is 2.21. The van der Waals surface area contributed by atoms with Crippen LogP contribution in [0.2, 0.25) is 0 Å². The molecule has 0 bridgehead atoms. The monoisotopic (exact) mass is 384 g/mol. The molecule has 0 aliphatic rings. The molecule has 1 N–H and O–H groups in total. The molecule has 0 radical (unpaired) electrons. The van der Waals surface area contributed by atoms with Crippen molar-refractivity contribution in [1.29, 1.82) is 0 Å². The largest absolute Gasteiger partial charge is 0.335 e. The maximum atomic E-state index is 12.7. The van der Waals surface area contributed by atoms with Gasteiger partial charge < -0.3 is 9.88 Å². The smallest absolute Gasteiger partial charge is 0.255 e. The van der Waals surface area contributed by atoms with Gasteiger partial charge in [-0.2, -0.15) is 0 Å². The van der Waals surface area contributed by atoms with Crippen molar-refractivity contribution in [2.45, 2.75) is 13.0 Å². The highest BCUT2D eigenvalue weighted by molar-refractivity contribution is 9.10. The van der Waals surface area contributed by atoms with E-state index in [9.17, 15) is 9.59 Å². The lowest BCUT2D eigenvalue weighted by molar-refractivity contribution is 0.0743. The Labute approximate surface area is 148 Å². The molecule has 0 fully saturated rings. The van der Waals surface area contributed by atoms with E-state index in [0.29, 0.717) is 10.9 Å². The first-order valence-corrected chi connectivity index (χ1v) is 8.41. The molecule has 0 aliphatic heterocycles. The molecule has 1 atom stereocenters. The third kappa shape index (κ3) is 2.99. The highest BCUT2D eigenvalue weighted by Crippen LogP contribution is 2.26. The maximum Gasteiger partial charge on any atom is 0.255 e. The van der Waals surface area contributed by atoms with E-state index in [0.717, 1.165) is 15.4 Å². The predicted octanol–water partition coefficient (Wildman–Crippen LogP) is 4.12.